The first kappa shape index (κ1) is 10.2. The molecule has 0 aliphatic heterocycles. The van der Waals surface area contributed by atoms with Gasteiger partial charge in [0.25, 0.3) is 0 Å². The Morgan fingerprint density at radius 2 is 1.80 bits per heavy atom. The lowest BCUT2D eigenvalue weighted by atomic mass is 10.3. The third-order valence-corrected chi connectivity index (χ3v) is 2.86. The molecule has 0 fully saturated rings. The summed E-state index contributed by atoms with van der Waals surface area (Å²) in [5, 5.41) is 10.1. The van der Waals surface area contributed by atoms with Gasteiger partial charge in [0.2, 0.25) is 0 Å². The van der Waals surface area contributed by atoms with E-state index in [0.29, 0.717) is 0 Å². The van der Waals surface area contributed by atoms with E-state index in [9.17, 15) is 0 Å². The van der Waals surface area contributed by atoms with E-state index in [4.69, 9.17) is 0 Å². The monoisotopic (exact) mass is 220 g/mol. The van der Waals surface area contributed by atoms with Crippen molar-refractivity contribution in [3.05, 3.63) is 33.8 Å². The smallest absolute Gasteiger partial charge is 0.128 e. The predicted octanol–water partition coefficient (Wildman–Crippen LogP) is 1.73. The Balaban J connectivity index is 1.96. The molecule has 0 unspecified atom stereocenters. The molecule has 0 aliphatic rings. The summed E-state index contributed by atoms with van der Waals surface area (Å²) >= 11 is 1.63. The van der Waals surface area contributed by atoms with Gasteiger partial charge in [0.15, 0.2) is 0 Å². The van der Waals surface area contributed by atoms with Crippen LogP contribution in [-0.4, -0.2) is 20.2 Å². The van der Waals surface area contributed by atoms with Crippen LogP contribution in [0.15, 0.2) is 12.4 Å². The maximum absolute atomic E-state index is 4.25. The van der Waals surface area contributed by atoms with Crippen LogP contribution >= 0.6 is 11.3 Å². The second kappa shape index (κ2) is 4.44. The van der Waals surface area contributed by atoms with Gasteiger partial charge in [0.1, 0.15) is 15.8 Å². The Hall–Kier alpha value is -1.36. The van der Waals surface area contributed by atoms with Gasteiger partial charge in [0.05, 0.1) is 0 Å². The maximum Gasteiger partial charge on any atom is 0.128 e. The van der Waals surface area contributed by atoms with Crippen molar-refractivity contribution < 1.29 is 0 Å². The van der Waals surface area contributed by atoms with Gasteiger partial charge in [-0.2, -0.15) is 0 Å². The second-order valence-electron chi connectivity index (χ2n) is 3.39. The van der Waals surface area contributed by atoms with Crippen LogP contribution < -0.4 is 0 Å². The molecule has 0 radical (unpaired) electrons. The summed E-state index contributed by atoms with van der Waals surface area (Å²) < 4.78 is 0. The number of aromatic nitrogens is 4. The van der Waals surface area contributed by atoms with Gasteiger partial charge in [-0.1, -0.05) is 0 Å². The largest absolute Gasteiger partial charge is 0.241 e. The third kappa shape index (κ3) is 2.79. The highest BCUT2D eigenvalue weighted by Gasteiger charge is 2.02. The molecule has 2 heterocycles. The van der Waals surface area contributed by atoms with Crippen molar-refractivity contribution in [2.75, 3.05) is 0 Å². The van der Waals surface area contributed by atoms with E-state index in [0.717, 1.165) is 34.2 Å². The molecule has 0 N–H and O–H groups in total. The molecule has 4 nitrogen and oxygen atoms in total. The first-order valence-electron chi connectivity index (χ1n) is 4.80. The van der Waals surface area contributed by atoms with Crippen LogP contribution in [0.5, 0.6) is 0 Å². The molecule has 2 aromatic heterocycles. The van der Waals surface area contributed by atoms with E-state index in [1.807, 2.05) is 26.2 Å². The number of hydrogen-bond acceptors (Lipinski definition) is 5. The van der Waals surface area contributed by atoms with Gasteiger partial charge in [-0.05, 0) is 19.4 Å². The molecule has 5 heteroatoms. The van der Waals surface area contributed by atoms with E-state index in [-0.39, 0.29) is 0 Å². The number of hydrogen-bond donors (Lipinski definition) is 0. The molecular formula is C10H12N4S. The summed E-state index contributed by atoms with van der Waals surface area (Å²) in [5.41, 5.74) is 1.09. The van der Waals surface area contributed by atoms with Gasteiger partial charge in [-0.25, -0.2) is 9.97 Å². The molecule has 0 aromatic carbocycles. The van der Waals surface area contributed by atoms with Gasteiger partial charge in [-0.15, -0.1) is 21.5 Å². The zero-order valence-electron chi connectivity index (χ0n) is 8.77. The number of rotatable bonds is 3. The van der Waals surface area contributed by atoms with E-state index in [1.165, 1.54) is 0 Å². The van der Waals surface area contributed by atoms with E-state index in [2.05, 4.69) is 20.2 Å². The first-order chi connectivity index (χ1) is 7.24. The zero-order valence-corrected chi connectivity index (χ0v) is 9.58. The lowest BCUT2D eigenvalue weighted by Crippen LogP contribution is -1.97. The van der Waals surface area contributed by atoms with Gasteiger partial charge in [-0.3, -0.25) is 0 Å². The average Bonchev–Trinajstić information content (AvgIpc) is 2.64. The van der Waals surface area contributed by atoms with Crippen molar-refractivity contribution in [3.8, 4) is 0 Å². The number of aryl methyl sites for hydroxylation is 4. The first-order valence-corrected chi connectivity index (χ1v) is 5.62. The van der Waals surface area contributed by atoms with Crippen molar-refractivity contribution >= 4 is 11.3 Å². The minimum atomic E-state index is 0.828. The van der Waals surface area contributed by atoms with Gasteiger partial charge < -0.3 is 0 Å². The predicted molar refractivity (Wildman–Crippen MR) is 58.8 cm³/mol. The van der Waals surface area contributed by atoms with Crippen LogP contribution in [0, 0.1) is 13.8 Å². The fourth-order valence-electron chi connectivity index (χ4n) is 1.21. The molecule has 0 bridgehead atoms. The third-order valence-electron chi connectivity index (χ3n) is 1.96. The second-order valence-corrected chi connectivity index (χ2v) is 4.66. The van der Waals surface area contributed by atoms with E-state index < -0.39 is 0 Å². The SMILES string of the molecule is Cc1cnc(CCc2nnc(C)s2)nc1. The van der Waals surface area contributed by atoms with Crippen LogP contribution in [0.25, 0.3) is 0 Å². The van der Waals surface area contributed by atoms with Crippen LogP contribution in [0.4, 0.5) is 0 Å². The van der Waals surface area contributed by atoms with Crippen LogP contribution in [-0.2, 0) is 12.8 Å². The lowest BCUT2D eigenvalue weighted by molar-refractivity contribution is 0.830. The lowest BCUT2D eigenvalue weighted by Gasteiger charge is -1.97. The Morgan fingerprint density at radius 1 is 1.07 bits per heavy atom. The molecular weight excluding hydrogens is 208 g/mol. The fraction of sp³-hybridized carbons (Fsp3) is 0.400. The Morgan fingerprint density at radius 3 is 2.40 bits per heavy atom. The average molecular weight is 220 g/mol. The molecule has 78 valence electrons. The summed E-state index contributed by atoms with van der Waals surface area (Å²) in [6.45, 7) is 3.95. The summed E-state index contributed by atoms with van der Waals surface area (Å²) in [4.78, 5) is 8.49. The zero-order chi connectivity index (χ0) is 10.7. The highest BCUT2D eigenvalue weighted by molar-refractivity contribution is 7.11. The molecule has 0 saturated carbocycles. The summed E-state index contributed by atoms with van der Waals surface area (Å²) in [6.07, 6.45) is 5.38. The molecule has 2 rings (SSSR count). The molecule has 0 amide bonds. The number of nitrogens with zero attached hydrogens (tertiary/aromatic N) is 4. The topological polar surface area (TPSA) is 51.6 Å². The fourth-order valence-corrected chi connectivity index (χ4v) is 1.91. The highest BCUT2D eigenvalue weighted by atomic mass is 32.1. The summed E-state index contributed by atoms with van der Waals surface area (Å²) in [7, 11) is 0. The maximum atomic E-state index is 4.25. The normalized spacial score (nSPS) is 10.5. The van der Waals surface area contributed by atoms with Crippen molar-refractivity contribution in [2.24, 2.45) is 0 Å². The van der Waals surface area contributed by atoms with Crippen LogP contribution in [0.1, 0.15) is 21.4 Å². The van der Waals surface area contributed by atoms with Crippen molar-refractivity contribution in [1.29, 1.82) is 0 Å². The Bertz CT molecular complexity index is 435. The summed E-state index contributed by atoms with van der Waals surface area (Å²) in [6, 6.07) is 0. The van der Waals surface area contributed by atoms with Crippen LogP contribution in [0.3, 0.4) is 0 Å². The molecule has 15 heavy (non-hydrogen) atoms. The molecule has 2 aromatic rings. The Kier molecular flexibility index (Phi) is 3.01. The van der Waals surface area contributed by atoms with E-state index >= 15 is 0 Å². The quantitative estimate of drug-likeness (QED) is 0.790. The molecule has 0 atom stereocenters. The minimum Gasteiger partial charge on any atom is -0.241 e. The minimum absolute atomic E-state index is 0.828. The van der Waals surface area contributed by atoms with Gasteiger partial charge in [0, 0.05) is 25.2 Å². The molecule has 0 aliphatic carbocycles. The van der Waals surface area contributed by atoms with Crippen molar-refractivity contribution in [1.82, 2.24) is 20.2 Å². The standard InChI is InChI=1S/C10H12N4S/c1-7-5-11-9(12-6-7)3-4-10-14-13-8(2)15-10/h5-6H,3-4H2,1-2H3. The van der Waals surface area contributed by atoms with E-state index in [1.54, 1.807) is 11.3 Å². The van der Waals surface area contributed by atoms with Gasteiger partial charge >= 0.3 is 0 Å². The molecule has 0 spiro atoms. The van der Waals surface area contributed by atoms with Crippen molar-refractivity contribution in [3.63, 3.8) is 0 Å². The molecule has 0 saturated heterocycles. The van der Waals surface area contributed by atoms with Crippen LogP contribution in [0.2, 0.25) is 0 Å². The Labute approximate surface area is 92.4 Å². The highest BCUT2D eigenvalue weighted by Crippen LogP contribution is 2.10. The van der Waals surface area contributed by atoms with Crippen molar-refractivity contribution in [2.45, 2.75) is 26.7 Å². The summed E-state index contributed by atoms with van der Waals surface area (Å²) in [5.74, 6) is 0.869.